The van der Waals surface area contributed by atoms with Crippen molar-refractivity contribution >= 4 is 6.03 Å². The van der Waals surface area contributed by atoms with Crippen molar-refractivity contribution in [2.24, 2.45) is 0 Å². The number of tetrazole rings is 1. The van der Waals surface area contributed by atoms with Crippen molar-refractivity contribution in [3.63, 3.8) is 0 Å². The van der Waals surface area contributed by atoms with E-state index in [1.807, 2.05) is 28.6 Å². The van der Waals surface area contributed by atoms with Gasteiger partial charge in [0.1, 0.15) is 5.76 Å². The molecule has 0 bridgehead atoms. The van der Waals surface area contributed by atoms with E-state index in [9.17, 15) is 4.79 Å². The number of urea groups is 1. The van der Waals surface area contributed by atoms with Crippen LogP contribution in [0.3, 0.4) is 0 Å². The Morgan fingerprint density at radius 2 is 2.30 bits per heavy atom. The molecular formula is C15H20N6O2. The number of carbonyl (C=O) groups excluding carboxylic acids is 1. The number of nitrogens with zero attached hydrogens (tertiary/aromatic N) is 5. The zero-order valence-corrected chi connectivity index (χ0v) is 13.1. The minimum atomic E-state index is -0.0956. The molecule has 0 radical (unpaired) electrons. The summed E-state index contributed by atoms with van der Waals surface area (Å²) in [5.74, 6) is 1.51. The number of furan rings is 1. The van der Waals surface area contributed by atoms with Crippen molar-refractivity contribution in [1.29, 1.82) is 0 Å². The van der Waals surface area contributed by atoms with E-state index in [0.29, 0.717) is 18.4 Å². The number of carbonyl (C=O) groups is 1. The van der Waals surface area contributed by atoms with Crippen molar-refractivity contribution in [3.05, 3.63) is 30.0 Å². The Bertz CT molecular complexity index is 674. The van der Waals surface area contributed by atoms with Gasteiger partial charge in [0, 0.05) is 6.04 Å². The van der Waals surface area contributed by atoms with Crippen LogP contribution in [0, 0.1) is 0 Å². The normalized spacial score (nSPS) is 18.7. The molecule has 2 aromatic rings. The average molecular weight is 316 g/mol. The Morgan fingerprint density at radius 3 is 2.96 bits per heavy atom. The Balaban J connectivity index is 1.42. The highest BCUT2D eigenvalue weighted by Crippen LogP contribution is 2.35. The van der Waals surface area contributed by atoms with Crippen LogP contribution in [-0.2, 0) is 6.54 Å². The van der Waals surface area contributed by atoms with Crippen LogP contribution in [0.1, 0.15) is 56.3 Å². The number of nitrogens with one attached hydrogen (secondary N) is 1. The van der Waals surface area contributed by atoms with Crippen LogP contribution in [0.2, 0.25) is 0 Å². The fourth-order valence-electron chi connectivity index (χ4n) is 2.85. The zero-order chi connectivity index (χ0) is 15.8. The number of aromatic nitrogens is 4. The third-order valence-electron chi connectivity index (χ3n) is 4.40. The molecular weight excluding hydrogens is 296 g/mol. The van der Waals surface area contributed by atoms with E-state index in [-0.39, 0.29) is 18.1 Å². The van der Waals surface area contributed by atoms with Crippen LogP contribution < -0.4 is 5.32 Å². The van der Waals surface area contributed by atoms with E-state index in [1.54, 1.807) is 6.26 Å². The third kappa shape index (κ3) is 2.93. The van der Waals surface area contributed by atoms with Crippen LogP contribution in [-0.4, -0.2) is 37.2 Å². The summed E-state index contributed by atoms with van der Waals surface area (Å²) in [6.45, 7) is 2.33. The number of amides is 2. The Labute approximate surface area is 133 Å². The van der Waals surface area contributed by atoms with Gasteiger partial charge in [0.25, 0.3) is 0 Å². The minimum Gasteiger partial charge on any atom is -0.467 e. The van der Waals surface area contributed by atoms with E-state index >= 15 is 0 Å². The highest BCUT2D eigenvalue weighted by Gasteiger charge is 2.37. The van der Waals surface area contributed by atoms with Gasteiger partial charge in [-0.15, -0.1) is 5.10 Å². The molecule has 23 heavy (non-hydrogen) atoms. The second kappa shape index (κ2) is 5.68. The molecule has 8 nitrogen and oxygen atoms in total. The van der Waals surface area contributed by atoms with Crippen molar-refractivity contribution in [3.8, 4) is 0 Å². The third-order valence-corrected chi connectivity index (χ3v) is 4.40. The van der Waals surface area contributed by atoms with E-state index < -0.39 is 0 Å². The predicted molar refractivity (Wildman–Crippen MR) is 80.3 cm³/mol. The summed E-state index contributed by atoms with van der Waals surface area (Å²) in [6.07, 6.45) is 5.93. The molecule has 2 aliphatic rings. The molecule has 0 aliphatic heterocycles. The largest absolute Gasteiger partial charge is 0.467 e. The fraction of sp³-hybridized carbons (Fsp3) is 0.600. The van der Waals surface area contributed by atoms with E-state index in [2.05, 4.69) is 20.8 Å². The van der Waals surface area contributed by atoms with Gasteiger partial charge in [-0.1, -0.05) is 0 Å². The van der Waals surface area contributed by atoms with Gasteiger partial charge < -0.3 is 14.6 Å². The minimum absolute atomic E-state index is 0.0862. The lowest BCUT2D eigenvalue weighted by Gasteiger charge is -2.28. The fourth-order valence-corrected chi connectivity index (χ4v) is 2.85. The maximum absolute atomic E-state index is 12.6. The van der Waals surface area contributed by atoms with Gasteiger partial charge >= 0.3 is 6.03 Å². The highest BCUT2D eigenvalue weighted by molar-refractivity contribution is 5.75. The molecule has 1 atom stereocenters. The van der Waals surface area contributed by atoms with Gasteiger partial charge in [0.2, 0.25) is 0 Å². The second-order valence-corrected chi connectivity index (χ2v) is 6.26. The first kappa shape index (κ1) is 14.2. The van der Waals surface area contributed by atoms with Crippen molar-refractivity contribution in [2.45, 2.75) is 57.3 Å². The van der Waals surface area contributed by atoms with Gasteiger partial charge in [-0.2, -0.15) is 0 Å². The number of hydrogen-bond donors (Lipinski definition) is 1. The molecule has 0 aromatic carbocycles. The molecule has 122 valence electrons. The Kier molecular flexibility index (Phi) is 3.51. The molecule has 4 rings (SSSR count). The first-order valence-electron chi connectivity index (χ1n) is 8.10. The van der Waals surface area contributed by atoms with Crippen molar-refractivity contribution in [2.75, 3.05) is 0 Å². The molecule has 1 unspecified atom stereocenters. The van der Waals surface area contributed by atoms with E-state index in [1.165, 1.54) is 0 Å². The summed E-state index contributed by atoms with van der Waals surface area (Å²) in [7, 11) is 0. The average Bonchev–Trinajstić information content (AvgIpc) is 3.46. The van der Waals surface area contributed by atoms with Gasteiger partial charge in [-0.05, 0) is 55.2 Å². The maximum Gasteiger partial charge on any atom is 0.318 e. The lowest BCUT2D eigenvalue weighted by Crippen LogP contribution is -2.42. The summed E-state index contributed by atoms with van der Waals surface area (Å²) < 4.78 is 7.27. The summed E-state index contributed by atoms with van der Waals surface area (Å²) in [4.78, 5) is 14.5. The topological polar surface area (TPSA) is 89.1 Å². The predicted octanol–water partition coefficient (Wildman–Crippen LogP) is 2.04. The number of hydrogen-bond acceptors (Lipinski definition) is 5. The zero-order valence-electron chi connectivity index (χ0n) is 13.1. The SMILES string of the molecule is CC(c1ccco1)N(C(=O)NCc1nnnn1C1CC1)C1CC1. The summed E-state index contributed by atoms with van der Waals surface area (Å²) in [6, 6.07) is 4.26. The van der Waals surface area contributed by atoms with Crippen LogP contribution in [0.4, 0.5) is 4.79 Å². The molecule has 8 heteroatoms. The first-order valence-corrected chi connectivity index (χ1v) is 8.10. The van der Waals surface area contributed by atoms with Gasteiger partial charge in [-0.3, -0.25) is 0 Å². The molecule has 2 fully saturated rings. The van der Waals surface area contributed by atoms with Gasteiger partial charge in [0.15, 0.2) is 5.82 Å². The van der Waals surface area contributed by atoms with Gasteiger partial charge in [-0.25, -0.2) is 9.48 Å². The van der Waals surface area contributed by atoms with Crippen LogP contribution in [0.15, 0.2) is 22.8 Å². The standard InChI is InChI=1S/C15H20N6O2/c1-10(13-3-2-8-23-13)20(11-4-5-11)15(22)16-9-14-17-18-19-21(14)12-6-7-12/h2-3,8,10-12H,4-7,9H2,1H3,(H,16,22). The quantitative estimate of drug-likeness (QED) is 0.881. The van der Waals surface area contributed by atoms with Crippen molar-refractivity contribution in [1.82, 2.24) is 30.4 Å². The molecule has 2 aromatic heterocycles. The first-order chi connectivity index (χ1) is 11.2. The molecule has 1 N–H and O–H groups in total. The second-order valence-electron chi connectivity index (χ2n) is 6.26. The number of rotatable bonds is 6. The van der Waals surface area contributed by atoms with Crippen molar-refractivity contribution < 1.29 is 9.21 Å². The maximum atomic E-state index is 12.6. The Morgan fingerprint density at radius 1 is 1.48 bits per heavy atom. The van der Waals surface area contributed by atoms with Crippen LogP contribution >= 0.6 is 0 Å². The van der Waals surface area contributed by atoms with E-state index in [0.717, 1.165) is 31.4 Å². The Hall–Kier alpha value is -2.38. The molecule has 0 spiro atoms. The molecule has 2 saturated carbocycles. The monoisotopic (exact) mass is 316 g/mol. The molecule has 2 heterocycles. The lowest BCUT2D eigenvalue weighted by molar-refractivity contribution is 0.165. The van der Waals surface area contributed by atoms with Crippen LogP contribution in [0.5, 0.6) is 0 Å². The summed E-state index contributed by atoms with van der Waals surface area (Å²) >= 11 is 0. The highest BCUT2D eigenvalue weighted by atomic mass is 16.3. The molecule has 2 amide bonds. The van der Waals surface area contributed by atoms with Crippen LogP contribution in [0.25, 0.3) is 0 Å². The van der Waals surface area contributed by atoms with Gasteiger partial charge in [0.05, 0.1) is 24.9 Å². The molecule has 0 saturated heterocycles. The van der Waals surface area contributed by atoms with E-state index in [4.69, 9.17) is 4.42 Å². The summed E-state index contributed by atoms with van der Waals surface area (Å²) in [5.41, 5.74) is 0. The molecule has 2 aliphatic carbocycles. The lowest BCUT2D eigenvalue weighted by atomic mass is 10.2. The smallest absolute Gasteiger partial charge is 0.318 e. The summed E-state index contributed by atoms with van der Waals surface area (Å²) in [5, 5.41) is 14.7.